The molecule has 0 aliphatic rings. The Hall–Kier alpha value is -3.60. The number of hydrogen-bond donors (Lipinski definition) is 5. The molecular weight excluding hydrogens is 470 g/mol. The van der Waals surface area contributed by atoms with E-state index in [1.807, 2.05) is 42.5 Å². The Labute approximate surface area is 204 Å². The van der Waals surface area contributed by atoms with Crippen molar-refractivity contribution in [3.05, 3.63) is 83.9 Å². The summed E-state index contributed by atoms with van der Waals surface area (Å²) in [7, 11) is -2.04. The standard InChI is InChI=1S/C25H29N3O6S/c1-34-20-11-8-17(9-12-20)14-22(25(31)27-19-6-4-3-5-7-19)26-16-24(30)18-10-13-23(29)21(15-18)28-35(2,32)33/h3-13,15,22,24,26,28-30H,14,16H2,1-2H3,(H,27,31)/t22-,24?/m1/s1. The summed E-state index contributed by atoms with van der Waals surface area (Å²) in [5, 5.41) is 26.6. The van der Waals surface area contributed by atoms with Crippen LogP contribution in [0, 0.1) is 0 Å². The van der Waals surface area contributed by atoms with Gasteiger partial charge in [0.25, 0.3) is 0 Å². The van der Waals surface area contributed by atoms with E-state index in [0.29, 0.717) is 23.4 Å². The lowest BCUT2D eigenvalue weighted by molar-refractivity contribution is -0.118. The largest absolute Gasteiger partial charge is 0.506 e. The predicted molar refractivity (Wildman–Crippen MR) is 135 cm³/mol. The zero-order valence-corrected chi connectivity index (χ0v) is 20.2. The second kappa shape index (κ2) is 11.7. The van der Waals surface area contributed by atoms with Gasteiger partial charge in [0.1, 0.15) is 11.5 Å². The third-order valence-corrected chi connectivity index (χ3v) is 5.81. The van der Waals surface area contributed by atoms with Gasteiger partial charge in [-0.2, -0.15) is 0 Å². The van der Waals surface area contributed by atoms with Gasteiger partial charge in [0.05, 0.1) is 31.2 Å². The van der Waals surface area contributed by atoms with Crippen molar-refractivity contribution in [1.29, 1.82) is 0 Å². The van der Waals surface area contributed by atoms with Crippen LogP contribution in [-0.4, -0.2) is 50.5 Å². The SMILES string of the molecule is COc1ccc(C[C@@H](NCC(O)c2ccc(O)c(NS(C)(=O)=O)c2)C(=O)Nc2ccccc2)cc1. The molecule has 3 rings (SSSR count). The molecule has 10 heteroatoms. The number of nitrogens with one attached hydrogen (secondary N) is 3. The average molecular weight is 500 g/mol. The van der Waals surface area contributed by atoms with Crippen LogP contribution in [0.3, 0.4) is 0 Å². The van der Waals surface area contributed by atoms with E-state index in [2.05, 4.69) is 15.4 Å². The van der Waals surface area contributed by atoms with E-state index in [-0.39, 0.29) is 23.9 Å². The first kappa shape index (κ1) is 26.0. The van der Waals surface area contributed by atoms with Gasteiger partial charge in [-0.05, 0) is 53.9 Å². The molecule has 0 fully saturated rings. The summed E-state index contributed by atoms with van der Waals surface area (Å²) >= 11 is 0. The van der Waals surface area contributed by atoms with Gasteiger partial charge in [0.2, 0.25) is 15.9 Å². The lowest BCUT2D eigenvalue weighted by Crippen LogP contribution is -2.43. The quantitative estimate of drug-likeness (QED) is 0.256. The summed E-state index contributed by atoms with van der Waals surface area (Å²) < 4.78 is 30.5. The minimum atomic E-state index is -3.62. The zero-order valence-electron chi connectivity index (χ0n) is 19.4. The number of sulfonamides is 1. The Morgan fingerprint density at radius 2 is 1.71 bits per heavy atom. The van der Waals surface area contributed by atoms with Gasteiger partial charge in [-0.3, -0.25) is 9.52 Å². The second-order valence-corrected chi connectivity index (χ2v) is 9.78. The zero-order chi connectivity index (χ0) is 25.4. The number of carbonyl (C=O) groups is 1. The van der Waals surface area contributed by atoms with Crippen molar-refractivity contribution in [3.63, 3.8) is 0 Å². The Morgan fingerprint density at radius 1 is 1.03 bits per heavy atom. The summed E-state index contributed by atoms with van der Waals surface area (Å²) in [6, 6.07) is 19.8. The number of amides is 1. The number of aliphatic hydroxyl groups is 1. The maximum absolute atomic E-state index is 13.1. The van der Waals surface area contributed by atoms with Crippen LogP contribution in [0.1, 0.15) is 17.2 Å². The van der Waals surface area contributed by atoms with Crippen LogP contribution < -0.4 is 20.1 Å². The number of ether oxygens (including phenoxy) is 1. The normalized spacial score (nSPS) is 13.0. The number of para-hydroxylation sites is 1. The van der Waals surface area contributed by atoms with Crippen LogP contribution in [0.5, 0.6) is 11.5 Å². The molecule has 1 amide bonds. The number of anilines is 2. The fourth-order valence-electron chi connectivity index (χ4n) is 3.42. The van der Waals surface area contributed by atoms with Gasteiger partial charge in [-0.25, -0.2) is 8.42 Å². The van der Waals surface area contributed by atoms with Crippen molar-refractivity contribution in [2.45, 2.75) is 18.6 Å². The number of aliphatic hydroxyl groups excluding tert-OH is 1. The van der Waals surface area contributed by atoms with Crippen LogP contribution in [0.2, 0.25) is 0 Å². The van der Waals surface area contributed by atoms with Crippen LogP contribution in [0.25, 0.3) is 0 Å². The van der Waals surface area contributed by atoms with Crippen LogP contribution in [0.4, 0.5) is 11.4 Å². The highest BCUT2D eigenvalue weighted by atomic mass is 32.2. The number of methoxy groups -OCH3 is 1. The molecule has 9 nitrogen and oxygen atoms in total. The molecular formula is C25H29N3O6S. The molecule has 3 aromatic rings. The number of aromatic hydroxyl groups is 1. The molecule has 2 atom stereocenters. The van der Waals surface area contributed by atoms with Crippen molar-refractivity contribution >= 4 is 27.3 Å². The molecule has 0 spiro atoms. The molecule has 1 unspecified atom stereocenters. The van der Waals surface area contributed by atoms with Gasteiger partial charge in [0, 0.05) is 12.2 Å². The highest BCUT2D eigenvalue weighted by Crippen LogP contribution is 2.28. The van der Waals surface area contributed by atoms with Crippen molar-refractivity contribution in [3.8, 4) is 11.5 Å². The molecule has 35 heavy (non-hydrogen) atoms. The molecule has 0 saturated heterocycles. The topological polar surface area (TPSA) is 137 Å². The van der Waals surface area contributed by atoms with Crippen LogP contribution >= 0.6 is 0 Å². The number of rotatable bonds is 11. The number of hydrogen-bond acceptors (Lipinski definition) is 7. The summed E-state index contributed by atoms with van der Waals surface area (Å²) in [6.45, 7) is 0.00607. The minimum absolute atomic E-state index is 0.00607. The van der Waals surface area contributed by atoms with Crippen molar-refractivity contribution in [1.82, 2.24) is 5.32 Å². The summed E-state index contributed by atoms with van der Waals surface area (Å²) in [6.07, 6.45) is 0.247. The lowest BCUT2D eigenvalue weighted by atomic mass is 10.0. The van der Waals surface area contributed by atoms with Crippen LogP contribution in [-0.2, 0) is 21.2 Å². The van der Waals surface area contributed by atoms with Crippen molar-refractivity contribution < 1.29 is 28.2 Å². The van der Waals surface area contributed by atoms with Crippen molar-refractivity contribution in [2.24, 2.45) is 0 Å². The summed E-state index contributed by atoms with van der Waals surface area (Å²) in [5.41, 5.74) is 1.87. The molecule has 0 heterocycles. The second-order valence-electron chi connectivity index (χ2n) is 8.03. The first-order chi connectivity index (χ1) is 16.6. The van der Waals surface area contributed by atoms with Gasteiger partial charge in [-0.1, -0.05) is 36.4 Å². The Balaban J connectivity index is 1.74. The highest BCUT2D eigenvalue weighted by molar-refractivity contribution is 7.92. The van der Waals surface area contributed by atoms with Gasteiger partial charge < -0.3 is 25.6 Å². The van der Waals surface area contributed by atoms with E-state index >= 15 is 0 Å². The first-order valence-corrected chi connectivity index (χ1v) is 12.7. The molecule has 0 aliphatic carbocycles. The number of phenolic OH excluding ortho intramolecular Hbond substituents is 1. The van der Waals surface area contributed by atoms with Gasteiger partial charge >= 0.3 is 0 Å². The highest BCUT2D eigenvalue weighted by Gasteiger charge is 2.21. The molecule has 5 N–H and O–H groups in total. The van der Waals surface area contributed by atoms with Gasteiger partial charge in [0.15, 0.2) is 0 Å². The maximum atomic E-state index is 13.1. The monoisotopic (exact) mass is 499 g/mol. The van der Waals surface area contributed by atoms with E-state index in [9.17, 15) is 23.4 Å². The number of benzene rings is 3. The Bertz CT molecular complexity index is 1230. The van der Waals surface area contributed by atoms with E-state index in [0.717, 1.165) is 11.8 Å². The molecule has 0 aliphatic heterocycles. The third-order valence-electron chi connectivity index (χ3n) is 5.22. The van der Waals surface area contributed by atoms with E-state index < -0.39 is 22.2 Å². The van der Waals surface area contributed by atoms with Gasteiger partial charge in [-0.15, -0.1) is 0 Å². The lowest BCUT2D eigenvalue weighted by Gasteiger charge is -2.21. The molecule has 0 aromatic heterocycles. The first-order valence-electron chi connectivity index (χ1n) is 10.9. The molecule has 0 bridgehead atoms. The Morgan fingerprint density at radius 3 is 2.34 bits per heavy atom. The minimum Gasteiger partial charge on any atom is -0.506 e. The maximum Gasteiger partial charge on any atom is 0.241 e. The van der Waals surface area contributed by atoms with E-state index in [1.54, 1.807) is 19.2 Å². The van der Waals surface area contributed by atoms with Crippen LogP contribution in [0.15, 0.2) is 72.8 Å². The smallest absolute Gasteiger partial charge is 0.241 e. The average Bonchev–Trinajstić information content (AvgIpc) is 2.83. The summed E-state index contributed by atoms with van der Waals surface area (Å²) in [4.78, 5) is 13.1. The molecule has 3 aromatic carbocycles. The fraction of sp³-hybridized carbons (Fsp3) is 0.240. The van der Waals surface area contributed by atoms with Crippen molar-refractivity contribution in [2.75, 3.05) is 29.9 Å². The number of carbonyl (C=O) groups excluding carboxylic acids is 1. The number of phenols is 1. The fourth-order valence-corrected chi connectivity index (χ4v) is 3.98. The molecule has 186 valence electrons. The predicted octanol–water partition coefficient (Wildman–Crippen LogP) is 2.65. The molecule has 0 saturated carbocycles. The van der Waals surface area contributed by atoms with E-state index in [1.165, 1.54) is 18.2 Å². The third kappa shape index (κ3) is 7.99. The van der Waals surface area contributed by atoms with E-state index in [4.69, 9.17) is 4.74 Å². The Kier molecular flexibility index (Phi) is 8.69. The summed E-state index contributed by atoms with van der Waals surface area (Å²) in [5.74, 6) is 0.163. The molecule has 0 radical (unpaired) electrons.